The van der Waals surface area contributed by atoms with E-state index in [2.05, 4.69) is 47.2 Å². The van der Waals surface area contributed by atoms with E-state index in [0.29, 0.717) is 6.04 Å². The van der Waals surface area contributed by atoms with Crippen LogP contribution in [0.1, 0.15) is 45.1 Å². The Morgan fingerprint density at radius 1 is 1.30 bits per heavy atom. The summed E-state index contributed by atoms with van der Waals surface area (Å²) in [6, 6.07) is 6.83. The highest BCUT2D eigenvalue weighted by molar-refractivity contribution is 9.10. The summed E-state index contributed by atoms with van der Waals surface area (Å²) in [5.74, 6) is 2.50. The lowest BCUT2D eigenvalue weighted by Gasteiger charge is -2.35. The third-order valence-electron chi connectivity index (χ3n) is 4.48. The quantitative estimate of drug-likeness (QED) is 0.834. The third-order valence-corrected chi connectivity index (χ3v) is 5.26. The fourth-order valence-corrected chi connectivity index (χ4v) is 3.65. The second kappa shape index (κ2) is 7.46. The van der Waals surface area contributed by atoms with Crippen molar-refractivity contribution in [3.63, 3.8) is 0 Å². The van der Waals surface area contributed by atoms with Crippen molar-refractivity contribution in [2.75, 3.05) is 7.11 Å². The molecule has 2 nitrogen and oxygen atoms in total. The molecule has 3 heteroatoms. The fourth-order valence-electron chi connectivity index (χ4n) is 3.27. The minimum atomic E-state index is 0.654. The van der Waals surface area contributed by atoms with Crippen LogP contribution in [0.5, 0.6) is 5.75 Å². The molecule has 1 aromatic carbocycles. The van der Waals surface area contributed by atoms with Crippen molar-refractivity contribution in [3.05, 3.63) is 28.2 Å². The van der Waals surface area contributed by atoms with Crippen LogP contribution in [0.4, 0.5) is 0 Å². The molecular weight excluding hydrogens is 314 g/mol. The molecular formula is C17H26BrNO. The minimum absolute atomic E-state index is 0.654. The lowest BCUT2D eigenvalue weighted by atomic mass is 9.78. The number of nitrogens with one attached hydrogen (secondary N) is 1. The summed E-state index contributed by atoms with van der Waals surface area (Å²) in [6.45, 7) is 5.62. The van der Waals surface area contributed by atoms with Crippen molar-refractivity contribution in [1.82, 2.24) is 5.32 Å². The molecule has 2 rings (SSSR count). The van der Waals surface area contributed by atoms with Crippen molar-refractivity contribution < 1.29 is 4.74 Å². The summed E-state index contributed by atoms with van der Waals surface area (Å²) in [5.41, 5.74) is 1.28. The maximum Gasteiger partial charge on any atom is 0.119 e. The first-order chi connectivity index (χ1) is 9.61. The standard InChI is InChI=1S/C17H26BrNO/c1-12(2)15-6-4-5-7-17(15)19-11-13-10-14(20-3)8-9-16(13)18/h8-10,12,15,17,19H,4-7,11H2,1-3H3. The average Bonchev–Trinajstić information content (AvgIpc) is 2.46. The first-order valence-electron chi connectivity index (χ1n) is 7.67. The molecule has 112 valence electrons. The zero-order valence-electron chi connectivity index (χ0n) is 12.8. The number of benzene rings is 1. The van der Waals surface area contributed by atoms with Crippen molar-refractivity contribution in [2.45, 2.75) is 52.1 Å². The molecule has 0 radical (unpaired) electrons. The van der Waals surface area contributed by atoms with Gasteiger partial charge >= 0.3 is 0 Å². The Bertz CT molecular complexity index is 433. The lowest BCUT2D eigenvalue weighted by molar-refractivity contribution is 0.204. The Kier molecular flexibility index (Phi) is 5.91. The van der Waals surface area contributed by atoms with Crippen LogP contribution in [0, 0.1) is 11.8 Å². The van der Waals surface area contributed by atoms with Crippen molar-refractivity contribution in [2.24, 2.45) is 11.8 Å². The van der Waals surface area contributed by atoms with E-state index in [9.17, 15) is 0 Å². The van der Waals surface area contributed by atoms with Crippen LogP contribution in [0.2, 0.25) is 0 Å². The smallest absolute Gasteiger partial charge is 0.119 e. The molecule has 0 aliphatic heterocycles. The molecule has 0 amide bonds. The fraction of sp³-hybridized carbons (Fsp3) is 0.647. The van der Waals surface area contributed by atoms with Crippen molar-refractivity contribution in [3.8, 4) is 5.75 Å². The summed E-state index contributed by atoms with van der Waals surface area (Å²) < 4.78 is 6.47. The zero-order valence-corrected chi connectivity index (χ0v) is 14.4. The molecule has 0 bridgehead atoms. The van der Waals surface area contributed by atoms with Crippen LogP contribution in [0.3, 0.4) is 0 Å². The molecule has 1 aromatic rings. The van der Waals surface area contributed by atoms with E-state index >= 15 is 0 Å². The van der Waals surface area contributed by atoms with Gasteiger partial charge in [-0.1, -0.05) is 42.6 Å². The van der Waals surface area contributed by atoms with Crippen LogP contribution < -0.4 is 10.1 Å². The predicted octanol–water partition coefficient (Wildman–Crippen LogP) is 4.76. The van der Waals surface area contributed by atoms with E-state index in [0.717, 1.165) is 28.6 Å². The van der Waals surface area contributed by atoms with E-state index in [4.69, 9.17) is 4.74 Å². The van der Waals surface area contributed by atoms with Gasteiger partial charge in [0.2, 0.25) is 0 Å². The molecule has 0 spiro atoms. The Labute approximate surface area is 131 Å². The highest BCUT2D eigenvalue weighted by Gasteiger charge is 2.27. The largest absolute Gasteiger partial charge is 0.497 e. The molecule has 0 heterocycles. The Hall–Kier alpha value is -0.540. The normalized spacial score (nSPS) is 23.1. The van der Waals surface area contributed by atoms with E-state index < -0.39 is 0 Å². The van der Waals surface area contributed by atoms with Gasteiger partial charge in [-0.25, -0.2) is 0 Å². The first-order valence-corrected chi connectivity index (χ1v) is 8.47. The van der Waals surface area contributed by atoms with Gasteiger partial charge in [-0.2, -0.15) is 0 Å². The highest BCUT2D eigenvalue weighted by atomic mass is 79.9. The summed E-state index contributed by atoms with van der Waals surface area (Å²) in [7, 11) is 1.72. The van der Waals surface area contributed by atoms with E-state index in [1.807, 2.05) is 6.07 Å². The van der Waals surface area contributed by atoms with Gasteiger partial charge in [-0.3, -0.25) is 0 Å². The highest BCUT2D eigenvalue weighted by Crippen LogP contribution is 2.31. The Balaban J connectivity index is 2.00. The number of rotatable bonds is 5. The molecule has 1 fully saturated rings. The van der Waals surface area contributed by atoms with Crippen LogP contribution in [-0.4, -0.2) is 13.2 Å². The van der Waals surface area contributed by atoms with Crippen molar-refractivity contribution >= 4 is 15.9 Å². The van der Waals surface area contributed by atoms with Crippen LogP contribution in [0.25, 0.3) is 0 Å². The van der Waals surface area contributed by atoms with Gasteiger partial charge in [0, 0.05) is 17.1 Å². The second-order valence-electron chi connectivity index (χ2n) is 6.14. The van der Waals surface area contributed by atoms with Gasteiger partial charge in [-0.15, -0.1) is 0 Å². The predicted molar refractivity (Wildman–Crippen MR) is 88.1 cm³/mol. The number of ether oxygens (including phenoxy) is 1. The molecule has 1 saturated carbocycles. The molecule has 1 aliphatic rings. The zero-order chi connectivity index (χ0) is 14.5. The summed E-state index contributed by atoms with van der Waals surface area (Å²) in [6.07, 6.45) is 5.43. The monoisotopic (exact) mass is 339 g/mol. The summed E-state index contributed by atoms with van der Waals surface area (Å²) in [4.78, 5) is 0. The van der Waals surface area contributed by atoms with Gasteiger partial charge < -0.3 is 10.1 Å². The number of hydrogen-bond acceptors (Lipinski definition) is 2. The third kappa shape index (κ3) is 3.98. The minimum Gasteiger partial charge on any atom is -0.497 e. The Morgan fingerprint density at radius 2 is 2.05 bits per heavy atom. The average molecular weight is 340 g/mol. The molecule has 1 aliphatic carbocycles. The molecule has 2 unspecified atom stereocenters. The SMILES string of the molecule is COc1ccc(Br)c(CNC2CCCCC2C(C)C)c1. The topological polar surface area (TPSA) is 21.3 Å². The summed E-state index contributed by atoms with van der Waals surface area (Å²) in [5, 5.41) is 3.78. The van der Waals surface area contributed by atoms with Crippen LogP contribution >= 0.6 is 15.9 Å². The van der Waals surface area contributed by atoms with Gasteiger partial charge in [0.1, 0.15) is 5.75 Å². The van der Waals surface area contributed by atoms with E-state index in [1.165, 1.54) is 31.2 Å². The van der Waals surface area contributed by atoms with Gasteiger partial charge in [0.15, 0.2) is 0 Å². The maximum absolute atomic E-state index is 5.31. The summed E-state index contributed by atoms with van der Waals surface area (Å²) >= 11 is 3.63. The second-order valence-corrected chi connectivity index (χ2v) is 6.99. The van der Waals surface area contributed by atoms with Gasteiger partial charge in [0.05, 0.1) is 7.11 Å². The van der Waals surface area contributed by atoms with Gasteiger partial charge in [0.25, 0.3) is 0 Å². The number of hydrogen-bond donors (Lipinski definition) is 1. The lowest BCUT2D eigenvalue weighted by Crippen LogP contribution is -2.40. The first kappa shape index (κ1) is 15.8. The molecule has 2 atom stereocenters. The van der Waals surface area contributed by atoms with E-state index in [-0.39, 0.29) is 0 Å². The van der Waals surface area contributed by atoms with Crippen LogP contribution in [0.15, 0.2) is 22.7 Å². The molecule has 0 aromatic heterocycles. The maximum atomic E-state index is 5.31. The van der Waals surface area contributed by atoms with E-state index in [1.54, 1.807) is 7.11 Å². The number of methoxy groups -OCH3 is 1. The van der Waals surface area contributed by atoms with Crippen molar-refractivity contribution in [1.29, 1.82) is 0 Å². The Morgan fingerprint density at radius 3 is 2.75 bits per heavy atom. The van der Waals surface area contributed by atoms with Gasteiger partial charge in [-0.05, 0) is 48.4 Å². The molecule has 0 saturated heterocycles. The molecule has 1 N–H and O–H groups in total. The number of halogens is 1. The van der Waals surface area contributed by atoms with Crippen LogP contribution in [-0.2, 0) is 6.54 Å². The molecule has 20 heavy (non-hydrogen) atoms.